The average molecular weight is 215 g/mol. The van der Waals surface area contributed by atoms with Crippen LogP contribution in [0.25, 0.3) is 11.3 Å². The Morgan fingerprint density at radius 2 is 2.25 bits per heavy atom. The van der Waals surface area contributed by atoms with Crippen molar-refractivity contribution in [2.75, 3.05) is 12.8 Å². The van der Waals surface area contributed by atoms with Gasteiger partial charge in [-0.3, -0.25) is 0 Å². The summed E-state index contributed by atoms with van der Waals surface area (Å²) < 4.78 is 5.82. The van der Waals surface area contributed by atoms with E-state index < -0.39 is 0 Å². The number of benzene rings is 1. The molecule has 0 unspecified atom stereocenters. The van der Waals surface area contributed by atoms with E-state index in [0.717, 1.165) is 4.73 Å². The molecular weight excluding hydrogens is 204 g/mol. The molecule has 0 saturated heterocycles. The van der Waals surface area contributed by atoms with E-state index in [2.05, 4.69) is 6.07 Å². The maximum absolute atomic E-state index is 11.6. The Bertz CT molecular complexity index is 492. The number of hydrogen-bond donors (Lipinski definition) is 1. The van der Waals surface area contributed by atoms with Gasteiger partial charge >= 0.3 is 0 Å². The number of pyridine rings is 1. The molecule has 2 aromatic rings. The number of nitrogens with zero attached hydrogens (tertiary/aromatic N) is 1. The van der Waals surface area contributed by atoms with E-state index >= 15 is 0 Å². The normalized spacial score (nSPS) is 10.1. The monoisotopic (exact) mass is 215 g/mol. The number of ether oxygens (including phenoxy) is 1. The summed E-state index contributed by atoms with van der Waals surface area (Å²) in [6.07, 6.45) is 1.37. The Hall–Kier alpha value is -2.23. The van der Waals surface area contributed by atoms with Crippen LogP contribution in [0.5, 0.6) is 5.75 Å². The van der Waals surface area contributed by atoms with E-state index in [1.807, 2.05) is 6.07 Å². The first-order chi connectivity index (χ1) is 7.72. The molecule has 1 aromatic heterocycles. The number of aromatic nitrogens is 1. The summed E-state index contributed by atoms with van der Waals surface area (Å²) in [5.74, 6) is 0.681. The molecule has 2 rings (SSSR count). The Balaban J connectivity index is 2.58. The smallest absolute Gasteiger partial charge is 0.247 e. The summed E-state index contributed by atoms with van der Waals surface area (Å²) in [6, 6.07) is 11.5. The van der Waals surface area contributed by atoms with Gasteiger partial charge in [0.2, 0.25) is 5.69 Å². The van der Waals surface area contributed by atoms with Crippen LogP contribution in [0.15, 0.2) is 36.5 Å². The van der Waals surface area contributed by atoms with Crippen molar-refractivity contribution >= 4 is 5.69 Å². The van der Waals surface area contributed by atoms with Crippen molar-refractivity contribution in [3.8, 4) is 17.0 Å². The van der Waals surface area contributed by atoms with Gasteiger partial charge in [0.1, 0.15) is 11.4 Å². The lowest BCUT2D eigenvalue weighted by Gasteiger charge is -2.07. The van der Waals surface area contributed by atoms with Crippen LogP contribution in [0, 0.1) is 11.3 Å². The molecule has 81 valence electrons. The molecule has 1 aromatic carbocycles. The number of anilines is 1. The summed E-state index contributed by atoms with van der Waals surface area (Å²) in [6.45, 7) is 0. The second-order valence-corrected chi connectivity index (χ2v) is 3.28. The maximum Gasteiger partial charge on any atom is 0.247 e. The predicted molar refractivity (Wildman–Crippen MR) is 60.6 cm³/mol. The van der Waals surface area contributed by atoms with Crippen molar-refractivity contribution in [3.05, 3.63) is 47.8 Å². The Labute approximate surface area is 93.5 Å². The van der Waals surface area contributed by atoms with Crippen molar-refractivity contribution in [1.82, 2.24) is 0 Å². The molecule has 0 atom stereocenters. The molecule has 16 heavy (non-hydrogen) atoms. The summed E-state index contributed by atoms with van der Waals surface area (Å²) in [5.41, 5.74) is 7.15. The van der Waals surface area contributed by atoms with Crippen molar-refractivity contribution < 1.29 is 9.47 Å². The first kappa shape index (κ1) is 10.3. The minimum absolute atomic E-state index is 0.325. The quantitative estimate of drug-likeness (QED) is 0.608. The third kappa shape index (κ3) is 1.77. The van der Waals surface area contributed by atoms with Gasteiger partial charge in [0.15, 0.2) is 6.20 Å². The average Bonchev–Trinajstić information content (AvgIpc) is 2.29. The third-order valence-corrected chi connectivity index (χ3v) is 2.27. The van der Waals surface area contributed by atoms with Crippen LogP contribution in [0.3, 0.4) is 0 Å². The van der Waals surface area contributed by atoms with Crippen LogP contribution in [0.1, 0.15) is 0 Å². The molecule has 0 spiro atoms. The van der Waals surface area contributed by atoms with Crippen LogP contribution in [0.2, 0.25) is 0 Å². The molecule has 0 aliphatic heterocycles. The lowest BCUT2D eigenvalue weighted by atomic mass is 10.1. The molecule has 0 aliphatic carbocycles. The van der Waals surface area contributed by atoms with Gasteiger partial charge in [0, 0.05) is 12.1 Å². The van der Waals surface area contributed by atoms with E-state index in [0.29, 0.717) is 22.7 Å². The number of hydrogen-bond acceptors (Lipinski definition) is 3. The molecule has 0 bridgehead atoms. The number of nitrogen functional groups attached to an aromatic ring is 1. The lowest BCUT2D eigenvalue weighted by molar-refractivity contribution is -0.593. The van der Waals surface area contributed by atoms with Crippen LogP contribution >= 0.6 is 0 Å². The summed E-state index contributed by atoms with van der Waals surface area (Å²) in [5, 5.41) is 11.6. The Morgan fingerprint density at radius 3 is 2.94 bits per heavy atom. The molecule has 0 amide bonds. The van der Waals surface area contributed by atoms with Crippen LogP contribution in [0.4, 0.5) is 5.69 Å². The molecule has 0 saturated carbocycles. The Kier molecular flexibility index (Phi) is 2.64. The largest absolute Gasteiger partial charge is 0.618 e. The minimum Gasteiger partial charge on any atom is -0.618 e. The zero-order valence-electron chi connectivity index (χ0n) is 8.81. The molecular formula is C12H11N2O2. The second kappa shape index (κ2) is 4.10. The fourth-order valence-corrected chi connectivity index (χ4v) is 1.51. The van der Waals surface area contributed by atoms with Gasteiger partial charge in [-0.05, 0) is 18.2 Å². The summed E-state index contributed by atoms with van der Waals surface area (Å²) >= 11 is 0. The van der Waals surface area contributed by atoms with Gasteiger partial charge < -0.3 is 15.7 Å². The van der Waals surface area contributed by atoms with Gasteiger partial charge in [0.25, 0.3) is 0 Å². The number of rotatable bonds is 2. The molecule has 1 heterocycles. The van der Waals surface area contributed by atoms with Crippen molar-refractivity contribution in [2.45, 2.75) is 0 Å². The zero-order chi connectivity index (χ0) is 11.5. The van der Waals surface area contributed by atoms with Crippen molar-refractivity contribution in [2.24, 2.45) is 0 Å². The summed E-state index contributed by atoms with van der Waals surface area (Å²) in [7, 11) is 1.57. The van der Waals surface area contributed by atoms with Crippen molar-refractivity contribution in [3.63, 3.8) is 0 Å². The first-order valence-electron chi connectivity index (χ1n) is 4.76. The topological polar surface area (TPSA) is 62.2 Å². The fourth-order valence-electron chi connectivity index (χ4n) is 1.51. The zero-order valence-corrected chi connectivity index (χ0v) is 8.81. The molecule has 0 aliphatic rings. The molecule has 2 N–H and O–H groups in total. The first-order valence-corrected chi connectivity index (χ1v) is 4.76. The van der Waals surface area contributed by atoms with E-state index in [1.54, 1.807) is 25.3 Å². The highest BCUT2D eigenvalue weighted by atomic mass is 16.5. The highest BCUT2D eigenvalue weighted by Crippen LogP contribution is 2.24. The van der Waals surface area contributed by atoms with E-state index in [-0.39, 0.29) is 0 Å². The van der Waals surface area contributed by atoms with E-state index in [1.165, 1.54) is 12.3 Å². The van der Waals surface area contributed by atoms with Gasteiger partial charge in [-0.2, -0.15) is 4.73 Å². The molecule has 1 radical (unpaired) electrons. The highest BCUT2D eigenvalue weighted by Gasteiger charge is 2.13. The van der Waals surface area contributed by atoms with Gasteiger partial charge in [-0.1, -0.05) is 6.07 Å². The lowest BCUT2D eigenvalue weighted by Crippen LogP contribution is -2.29. The Morgan fingerprint density at radius 1 is 1.44 bits per heavy atom. The predicted octanol–water partition coefficient (Wildman–Crippen LogP) is 1.38. The highest BCUT2D eigenvalue weighted by molar-refractivity contribution is 5.70. The van der Waals surface area contributed by atoms with E-state index in [9.17, 15) is 5.21 Å². The fraction of sp³-hybridized carbons (Fsp3) is 0.0833. The standard InChI is InChI=1S/C12H11N2O2/c1-16-10-5-2-4-9(8-10)12-11(13)6-3-7-14(12)15/h2-5,7-8H,13H2,1H3. The van der Waals surface area contributed by atoms with Gasteiger partial charge in [-0.15, -0.1) is 0 Å². The summed E-state index contributed by atoms with van der Waals surface area (Å²) in [4.78, 5) is 0. The van der Waals surface area contributed by atoms with Crippen molar-refractivity contribution in [1.29, 1.82) is 0 Å². The third-order valence-electron chi connectivity index (χ3n) is 2.27. The van der Waals surface area contributed by atoms with Crippen LogP contribution in [-0.4, -0.2) is 7.11 Å². The second-order valence-electron chi connectivity index (χ2n) is 3.28. The number of methoxy groups -OCH3 is 1. The molecule has 4 heteroatoms. The molecule has 0 fully saturated rings. The maximum atomic E-state index is 11.6. The van der Waals surface area contributed by atoms with Gasteiger partial charge in [-0.25, -0.2) is 0 Å². The van der Waals surface area contributed by atoms with Crippen LogP contribution in [-0.2, 0) is 0 Å². The molecule has 4 nitrogen and oxygen atoms in total. The SMILES string of the molecule is COc1cccc(-c2c(N)[c]cc[n+]2[O-])c1. The van der Waals surface area contributed by atoms with E-state index in [4.69, 9.17) is 10.5 Å². The minimum atomic E-state index is 0.325. The van der Waals surface area contributed by atoms with Gasteiger partial charge in [0.05, 0.1) is 12.7 Å². The van der Waals surface area contributed by atoms with Crippen LogP contribution < -0.4 is 15.2 Å². The number of nitrogens with two attached hydrogens (primary N) is 1.